The van der Waals surface area contributed by atoms with Gasteiger partial charge in [0.25, 0.3) is 0 Å². The zero-order valence-electron chi connectivity index (χ0n) is 9.45. The number of fused-ring (bicyclic) bond motifs is 1. The van der Waals surface area contributed by atoms with Crippen LogP contribution in [-0.4, -0.2) is 5.11 Å². The van der Waals surface area contributed by atoms with Crippen LogP contribution in [0.5, 0.6) is 0 Å². The van der Waals surface area contributed by atoms with Gasteiger partial charge in [0.2, 0.25) is 0 Å². The Labute approximate surface area is 109 Å². The molecule has 88 valence electrons. The highest BCUT2D eigenvalue weighted by Gasteiger charge is 2.54. The smallest absolute Gasteiger partial charge is 0.0916 e. The molecule has 2 saturated carbocycles. The lowest BCUT2D eigenvalue weighted by Crippen LogP contribution is -1.99. The number of aliphatic hydroxyl groups is 1. The minimum atomic E-state index is -0.205. The Morgan fingerprint density at radius 2 is 2.00 bits per heavy atom. The maximum absolute atomic E-state index is 10.4. The van der Waals surface area contributed by atoms with E-state index in [9.17, 15) is 5.11 Å². The van der Waals surface area contributed by atoms with Gasteiger partial charge in [-0.25, -0.2) is 0 Å². The lowest BCUT2D eigenvalue weighted by Gasteiger charge is -2.07. The number of halogens is 1. The van der Waals surface area contributed by atoms with Crippen molar-refractivity contribution in [3.05, 3.63) is 20.3 Å². The molecule has 3 rings (SSSR count). The molecule has 0 amide bonds. The highest BCUT2D eigenvalue weighted by atomic mass is 79.9. The minimum Gasteiger partial charge on any atom is -0.387 e. The molecule has 1 heterocycles. The normalized spacial score (nSPS) is 34.6. The monoisotopic (exact) mass is 300 g/mol. The first-order valence-electron chi connectivity index (χ1n) is 6.12. The molecule has 3 heteroatoms. The number of hydrogen-bond acceptors (Lipinski definition) is 2. The Morgan fingerprint density at radius 1 is 1.38 bits per heavy atom. The third-order valence-corrected chi connectivity index (χ3v) is 6.46. The van der Waals surface area contributed by atoms with Crippen molar-refractivity contribution in [2.75, 3.05) is 0 Å². The fraction of sp³-hybridized carbons (Fsp3) is 0.692. The first-order chi connectivity index (χ1) is 7.68. The van der Waals surface area contributed by atoms with Crippen LogP contribution in [0, 0.1) is 24.7 Å². The summed E-state index contributed by atoms with van der Waals surface area (Å²) in [6.07, 6.45) is 5.23. The van der Waals surface area contributed by atoms with Crippen molar-refractivity contribution in [1.29, 1.82) is 0 Å². The van der Waals surface area contributed by atoms with Crippen LogP contribution in [-0.2, 0) is 0 Å². The molecule has 0 spiro atoms. The van der Waals surface area contributed by atoms with Crippen LogP contribution in [0.3, 0.4) is 0 Å². The Bertz CT molecular complexity index is 369. The molecule has 1 aromatic heterocycles. The van der Waals surface area contributed by atoms with Gasteiger partial charge in [0.1, 0.15) is 0 Å². The average Bonchev–Trinajstić information content (AvgIpc) is 2.91. The van der Waals surface area contributed by atoms with Crippen molar-refractivity contribution in [3.63, 3.8) is 0 Å². The van der Waals surface area contributed by atoms with Crippen molar-refractivity contribution in [2.24, 2.45) is 17.8 Å². The van der Waals surface area contributed by atoms with E-state index in [-0.39, 0.29) is 6.10 Å². The van der Waals surface area contributed by atoms with Crippen LogP contribution in [0.25, 0.3) is 0 Å². The Hall–Kier alpha value is 0.140. The van der Waals surface area contributed by atoms with Gasteiger partial charge in [-0.05, 0) is 65.1 Å². The Morgan fingerprint density at radius 3 is 2.50 bits per heavy atom. The number of aryl methyl sites for hydroxylation is 1. The first kappa shape index (κ1) is 11.2. The highest BCUT2D eigenvalue weighted by molar-refractivity contribution is 9.11. The lowest BCUT2D eigenvalue weighted by atomic mass is 10.0. The minimum absolute atomic E-state index is 0.205. The molecule has 2 aliphatic rings. The third-order valence-electron chi connectivity index (χ3n) is 4.26. The maximum atomic E-state index is 10.4. The number of rotatable bonds is 2. The van der Waals surface area contributed by atoms with Gasteiger partial charge in [-0.3, -0.25) is 0 Å². The predicted molar refractivity (Wildman–Crippen MR) is 70.7 cm³/mol. The average molecular weight is 301 g/mol. The van der Waals surface area contributed by atoms with E-state index in [0.717, 1.165) is 16.7 Å². The van der Waals surface area contributed by atoms with E-state index in [0.29, 0.717) is 5.92 Å². The molecule has 1 N–H and O–H groups in total. The van der Waals surface area contributed by atoms with E-state index >= 15 is 0 Å². The molecule has 16 heavy (non-hydrogen) atoms. The molecule has 3 atom stereocenters. The third kappa shape index (κ3) is 1.77. The summed E-state index contributed by atoms with van der Waals surface area (Å²) in [4.78, 5) is 1.16. The van der Waals surface area contributed by atoms with Crippen molar-refractivity contribution in [2.45, 2.75) is 38.7 Å². The molecule has 0 bridgehead atoms. The quantitative estimate of drug-likeness (QED) is 0.864. The zero-order valence-corrected chi connectivity index (χ0v) is 11.9. The van der Waals surface area contributed by atoms with Crippen LogP contribution in [0.2, 0.25) is 0 Å². The van der Waals surface area contributed by atoms with Crippen molar-refractivity contribution in [3.8, 4) is 0 Å². The summed E-state index contributed by atoms with van der Waals surface area (Å²) in [6, 6.07) is 2.14. The Kier molecular flexibility index (Phi) is 2.89. The summed E-state index contributed by atoms with van der Waals surface area (Å²) in [7, 11) is 0. The molecule has 0 saturated heterocycles. The summed E-state index contributed by atoms with van der Waals surface area (Å²) in [5.41, 5.74) is 1.25. The van der Waals surface area contributed by atoms with Gasteiger partial charge in [0.15, 0.2) is 0 Å². The van der Waals surface area contributed by atoms with E-state index in [1.165, 1.54) is 35.0 Å². The van der Waals surface area contributed by atoms with Gasteiger partial charge in [-0.2, -0.15) is 0 Å². The summed E-state index contributed by atoms with van der Waals surface area (Å²) < 4.78 is 1.17. The van der Waals surface area contributed by atoms with Crippen molar-refractivity contribution >= 4 is 27.3 Å². The SMILES string of the molecule is Cc1cc(C(O)C2C3CCCCC32)sc1Br. The second kappa shape index (κ2) is 4.11. The summed E-state index contributed by atoms with van der Waals surface area (Å²) >= 11 is 5.24. The fourth-order valence-corrected chi connectivity index (χ4v) is 4.95. The fourth-order valence-electron chi connectivity index (χ4n) is 3.34. The van der Waals surface area contributed by atoms with E-state index in [1.54, 1.807) is 11.3 Å². The summed E-state index contributed by atoms with van der Waals surface area (Å²) in [5, 5.41) is 10.4. The molecule has 1 aromatic rings. The van der Waals surface area contributed by atoms with E-state index < -0.39 is 0 Å². The molecule has 2 aliphatic carbocycles. The number of aliphatic hydroxyl groups excluding tert-OH is 1. The van der Waals surface area contributed by atoms with Crippen LogP contribution in [0.1, 0.15) is 42.2 Å². The molecule has 2 fully saturated rings. The summed E-state index contributed by atoms with van der Waals surface area (Å²) in [6.45, 7) is 2.09. The molecular formula is C13H17BrOS. The molecule has 0 aliphatic heterocycles. The van der Waals surface area contributed by atoms with Crippen LogP contribution in [0.15, 0.2) is 9.85 Å². The Balaban J connectivity index is 1.76. The molecule has 0 radical (unpaired) electrons. The van der Waals surface area contributed by atoms with E-state index in [4.69, 9.17) is 0 Å². The van der Waals surface area contributed by atoms with Gasteiger partial charge in [-0.1, -0.05) is 12.8 Å². The van der Waals surface area contributed by atoms with Crippen molar-refractivity contribution < 1.29 is 5.11 Å². The molecule has 3 unspecified atom stereocenters. The highest BCUT2D eigenvalue weighted by Crippen LogP contribution is 2.61. The lowest BCUT2D eigenvalue weighted by molar-refractivity contribution is 0.146. The van der Waals surface area contributed by atoms with Gasteiger partial charge in [0.05, 0.1) is 9.89 Å². The van der Waals surface area contributed by atoms with Crippen LogP contribution in [0.4, 0.5) is 0 Å². The number of hydrogen-bond donors (Lipinski definition) is 1. The van der Waals surface area contributed by atoms with E-state index in [2.05, 4.69) is 28.9 Å². The standard InChI is InChI=1S/C13H17BrOS/c1-7-6-10(16-13(7)14)12(15)11-8-4-2-3-5-9(8)11/h6,8-9,11-12,15H,2-5H2,1H3. The van der Waals surface area contributed by atoms with Crippen LogP contribution < -0.4 is 0 Å². The van der Waals surface area contributed by atoms with Gasteiger partial charge < -0.3 is 5.11 Å². The van der Waals surface area contributed by atoms with Crippen molar-refractivity contribution in [1.82, 2.24) is 0 Å². The predicted octanol–water partition coefficient (Wildman–Crippen LogP) is 4.29. The molecule has 1 nitrogen and oxygen atoms in total. The first-order valence-corrected chi connectivity index (χ1v) is 7.73. The van der Waals surface area contributed by atoms with Crippen LogP contribution >= 0.6 is 27.3 Å². The largest absolute Gasteiger partial charge is 0.387 e. The maximum Gasteiger partial charge on any atom is 0.0916 e. The van der Waals surface area contributed by atoms with Gasteiger partial charge in [-0.15, -0.1) is 11.3 Å². The van der Waals surface area contributed by atoms with Gasteiger partial charge in [0, 0.05) is 4.88 Å². The van der Waals surface area contributed by atoms with Gasteiger partial charge >= 0.3 is 0 Å². The molecule has 0 aromatic carbocycles. The number of thiophene rings is 1. The second-order valence-corrected chi connectivity index (χ2v) is 7.64. The second-order valence-electron chi connectivity index (χ2n) is 5.24. The molecular weight excluding hydrogens is 284 g/mol. The van der Waals surface area contributed by atoms with E-state index in [1.807, 2.05) is 0 Å². The summed E-state index contributed by atoms with van der Waals surface area (Å²) in [5.74, 6) is 2.21. The zero-order chi connectivity index (χ0) is 11.3. The topological polar surface area (TPSA) is 20.2 Å².